The fraction of sp³-hybridized carbons (Fsp3) is 0.875. The lowest BCUT2D eigenvalue weighted by Gasteiger charge is -2.24. The lowest BCUT2D eigenvalue weighted by Crippen LogP contribution is -2.40. The molecule has 2 aliphatic rings. The molecule has 2 N–H and O–H groups in total. The first-order chi connectivity index (χ1) is 10.4. The van der Waals surface area contributed by atoms with E-state index in [1.54, 1.807) is 0 Å². The molecule has 3 rings (SSSR count). The van der Waals surface area contributed by atoms with Crippen LogP contribution in [0, 0.1) is 5.92 Å². The van der Waals surface area contributed by atoms with Crippen molar-refractivity contribution in [2.24, 2.45) is 5.92 Å². The van der Waals surface area contributed by atoms with Gasteiger partial charge in [0.1, 0.15) is 5.82 Å². The van der Waals surface area contributed by atoms with Gasteiger partial charge in [-0.3, -0.25) is 5.10 Å². The first kappa shape index (κ1) is 14.8. The van der Waals surface area contributed by atoms with E-state index in [2.05, 4.69) is 27.3 Å². The van der Waals surface area contributed by atoms with Gasteiger partial charge in [-0.1, -0.05) is 32.6 Å². The van der Waals surface area contributed by atoms with Crippen molar-refractivity contribution >= 4 is 5.95 Å². The molecule has 2 unspecified atom stereocenters. The fourth-order valence-electron chi connectivity index (χ4n) is 3.64. The van der Waals surface area contributed by atoms with Crippen molar-refractivity contribution in [3.05, 3.63) is 5.82 Å². The van der Waals surface area contributed by atoms with Gasteiger partial charge in [-0.05, 0) is 31.7 Å². The summed E-state index contributed by atoms with van der Waals surface area (Å²) in [6, 6.07) is 0.648. The standard InChI is InChI=1S/C16H29N5/c1-2-3-4-5-6-9-15-18-16(20-19-15)21-11-13-8-7-10-17-14(13)12-21/h13-14,17H,2-12H2,1H3,(H,18,19,20). The van der Waals surface area contributed by atoms with Crippen LogP contribution in [-0.4, -0.2) is 40.9 Å². The molecule has 5 heteroatoms. The lowest BCUT2D eigenvalue weighted by atomic mass is 9.94. The molecule has 1 aromatic rings. The molecule has 2 fully saturated rings. The minimum Gasteiger partial charge on any atom is -0.338 e. The first-order valence-electron chi connectivity index (χ1n) is 8.76. The number of nitrogens with zero attached hydrogens (tertiary/aromatic N) is 3. The molecule has 0 amide bonds. The predicted octanol–water partition coefficient (Wildman–Crippen LogP) is 2.51. The molecule has 0 saturated carbocycles. The molecule has 2 saturated heterocycles. The average molecular weight is 291 g/mol. The summed E-state index contributed by atoms with van der Waals surface area (Å²) in [7, 11) is 0. The number of aryl methyl sites for hydroxylation is 1. The molecular weight excluding hydrogens is 262 g/mol. The number of H-pyrrole nitrogens is 1. The smallest absolute Gasteiger partial charge is 0.244 e. The summed E-state index contributed by atoms with van der Waals surface area (Å²) < 4.78 is 0. The Kier molecular flexibility index (Phi) is 5.12. The molecule has 2 atom stereocenters. The Morgan fingerprint density at radius 2 is 2.10 bits per heavy atom. The second kappa shape index (κ2) is 7.25. The fourth-order valence-corrected chi connectivity index (χ4v) is 3.64. The number of rotatable bonds is 7. The van der Waals surface area contributed by atoms with Crippen molar-refractivity contribution in [3.8, 4) is 0 Å². The van der Waals surface area contributed by atoms with Gasteiger partial charge in [0.15, 0.2) is 0 Å². The van der Waals surface area contributed by atoms with Gasteiger partial charge < -0.3 is 10.2 Å². The van der Waals surface area contributed by atoms with Crippen LogP contribution in [0.5, 0.6) is 0 Å². The van der Waals surface area contributed by atoms with Crippen LogP contribution in [0.1, 0.15) is 57.7 Å². The van der Waals surface area contributed by atoms with E-state index in [0.29, 0.717) is 6.04 Å². The summed E-state index contributed by atoms with van der Waals surface area (Å²) >= 11 is 0. The van der Waals surface area contributed by atoms with Crippen molar-refractivity contribution in [1.82, 2.24) is 20.5 Å². The van der Waals surface area contributed by atoms with E-state index < -0.39 is 0 Å². The molecule has 21 heavy (non-hydrogen) atoms. The molecule has 0 bridgehead atoms. The second-order valence-electron chi connectivity index (χ2n) is 6.61. The van der Waals surface area contributed by atoms with Crippen molar-refractivity contribution < 1.29 is 0 Å². The van der Waals surface area contributed by atoms with Crippen LogP contribution in [-0.2, 0) is 6.42 Å². The largest absolute Gasteiger partial charge is 0.338 e. The summed E-state index contributed by atoms with van der Waals surface area (Å²) in [6.45, 7) is 5.61. The Labute approximate surface area is 127 Å². The number of piperidine rings is 1. The highest BCUT2D eigenvalue weighted by atomic mass is 15.4. The molecule has 0 spiro atoms. The lowest BCUT2D eigenvalue weighted by molar-refractivity contribution is 0.340. The molecule has 0 aliphatic carbocycles. The quantitative estimate of drug-likeness (QED) is 0.758. The molecule has 3 heterocycles. The highest BCUT2D eigenvalue weighted by molar-refractivity contribution is 5.32. The van der Waals surface area contributed by atoms with Crippen LogP contribution in [0.25, 0.3) is 0 Å². The monoisotopic (exact) mass is 291 g/mol. The number of unbranched alkanes of at least 4 members (excludes halogenated alkanes) is 4. The first-order valence-corrected chi connectivity index (χ1v) is 8.76. The average Bonchev–Trinajstić information content (AvgIpc) is 3.13. The third-order valence-electron chi connectivity index (χ3n) is 4.92. The van der Waals surface area contributed by atoms with E-state index in [0.717, 1.165) is 37.2 Å². The summed E-state index contributed by atoms with van der Waals surface area (Å²) in [4.78, 5) is 7.05. The molecular formula is C16H29N5. The van der Waals surface area contributed by atoms with E-state index >= 15 is 0 Å². The number of hydrogen-bond acceptors (Lipinski definition) is 4. The Morgan fingerprint density at radius 3 is 2.95 bits per heavy atom. The van der Waals surface area contributed by atoms with Crippen LogP contribution in [0.15, 0.2) is 0 Å². The van der Waals surface area contributed by atoms with Crippen molar-refractivity contribution in [3.63, 3.8) is 0 Å². The zero-order valence-corrected chi connectivity index (χ0v) is 13.3. The number of anilines is 1. The van der Waals surface area contributed by atoms with Gasteiger partial charge in [0.2, 0.25) is 5.95 Å². The molecule has 2 aliphatic heterocycles. The highest BCUT2D eigenvalue weighted by Gasteiger charge is 2.35. The Balaban J connectivity index is 1.46. The molecule has 0 aromatic carbocycles. The maximum atomic E-state index is 4.70. The Bertz CT molecular complexity index is 416. The van der Waals surface area contributed by atoms with Gasteiger partial charge in [0.25, 0.3) is 0 Å². The normalized spacial score (nSPS) is 25.3. The van der Waals surface area contributed by atoms with Crippen LogP contribution in [0.4, 0.5) is 5.95 Å². The van der Waals surface area contributed by atoms with Crippen molar-refractivity contribution in [2.75, 3.05) is 24.5 Å². The van der Waals surface area contributed by atoms with Gasteiger partial charge in [-0.2, -0.15) is 4.98 Å². The van der Waals surface area contributed by atoms with Crippen LogP contribution < -0.4 is 10.2 Å². The van der Waals surface area contributed by atoms with E-state index in [4.69, 9.17) is 4.98 Å². The topological polar surface area (TPSA) is 56.8 Å². The second-order valence-corrected chi connectivity index (χ2v) is 6.61. The van der Waals surface area contributed by atoms with E-state index in [1.165, 1.54) is 51.5 Å². The maximum Gasteiger partial charge on any atom is 0.244 e. The maximum absolute atomic E-state index is 4.70. The van der Waals surface area contributed by atoms with Gasteiger partial charge in [-0.15, -0.1) is 5.10 Å². The Morgan fingerprint density at radius 1 is 1.19 bits per heavy atom. The van der Waals surface area contributed by atoms with Gasteiger partial charge in [0, 0.05) is 25.6 Å². The minimum absolute atomic E-state index is 0.648. The third kappa shape index (κ3) is 3.76. The van der Waals surface area contributed by atoms with Gasteiger partial charge in [0.05, 0.1) is 0 Å². The number of aromatic nitrogens is 3. The van der Waals surface area contributed by atoms with E-state index in [-0.39, 0.29) is 0 Å². The van der Waals surface area contributed by atoms with Gasteiger partial charge >= 0.3 is 0 Å². The van der Waals surface area contributed by atoms with Crippen LogP contribution in [0.2, 0.25) is 0 Å². The Hall–Kier alpha value is -1.10. The summed E-state index contributed by atoms with van der Waals surface area (Å²) in [5.74, 6) is 2.76. The number of hydrogen-bond donors (Lipinski definition) is 2. The van der Waals surface area contributed by atoms with Crippen molar-refractivity contribution in [1.29, 1.82) is 0 Å². The van der Waals surface area contributed by atoms with E-state index in [1.807, 2.05) is 0 Å². The summed E-state index contributed by atoms with van der Waals surface area (Å²) in [5, 5.41) is 11.2. The van der Waals surface area contributed by atoms with Crippen molar-refractivity contribution in [2.45, 2.75) is 64.3 Å². The molecule has 1 aromatic heterocycles. The molecule has 118 valence electrons. The minimum atomic E-state index is 0.648. The number of nitrogens with one attached hydrogen (secondary N) is 2. The third-order valence-corrected chi connectivity index (χ3v) is 4.92. The highest BCUT2D eigenvalue weighted by Crippen LogP contribution is 2.27. The molecule has 0 radical (unpaired) electrons. The SMILES string of the molecule is CCCCCCCc1nc(N2CC3CCCNC3C2)n[nH]1. The number of aromatic amines is 1. The van der Waals surface area contributed by atoms with E-state index in [9.17, 15) is 0 Å². The van der Waals surface area contributed by atoms with Crippen LogP contribution in [0.3, 0.4) is 0 Å². The van der Waals surface area contributed by atoms with Crippen LogP contribution >= 0.6 is 0 Å². The zero-order valence-electron chi connectivity index (χ0n) is 13.3. The summed E-state index contributed by atoms with van der Waals surface area (Å²) in [6.07, 6.45) is 10.2. The summed E-state index contributed by atoms with van der Waals surface area (Å²) in [5.41, 5.74) is 0. The molecule has 5 nitrogen and oxygen atoms in total. The number of fused-ring (bicyclic) bond motifs is 1. The zero-order chi connectivity index (χ0) is 14.5. The van der Waals surface area contributed by atoms with Gasteiger partial charge in [-0.25, -0.2) is 0 Å². The predicted molar refractivity (Wildman–Crippen MR) is 85.6 cm³/mol.